The molecule has 1 unspecified atom stereocenters. The van der Waals surface area contributed by atoms with Crippen LogP contribution in [0.15, 0.2) is 93.4 Å². The maximum absolute atomic E-state index is 14.6. The van der Waals surface area contributed by atoms with Crippen LogP contribution in [0.25, 0.3) is 0 Å². The highest BCUT2D eigenvalue weighted by Crippen LogP contribution is 2.29. The minimum absolute atomic E-state index is 0.00180. The number of phenols is 1. The number of nitrogens with two attached hydrogens (primary N) is 1. The number of alkyl carbamates (subject to hydrolysis) is 1. The summed E-state index contributed by atoms with van der Waals surface area (Å²) in [6.45, 7) is 6.73. The van der Waals surface area contributed by atoms with Gasteiger partial charge in [0.1, 0.15) is 40.6 Å². The summed E-state index contributed by atoms with van der Waals surface area (Å²) in [7, 11) is 0. The number of aliphatic imine (C=N–C) groups is 1. The van der Waals surface area contributed by atoms with Crippen molar-refractivity contribution in [1.29, 1.82) is 0 Å². The van der Waals surface area contributed by atoms with E-state index >= 15 is 0 Å². The molecule has 0 spiro atoms. The number of nitrogens with zero attached hydrogens (tertiary/aromatic N) is 5. The molecule has 0 aliphatic carbocycles. The third kappa shape index (κ3) is 31.1. The summed E-state index contributed by atoms with van der Waals surface area (Å²) in [4.78, 5) is 164. The molecule has 16 N–H and O–H groups in total. The van der Waals surface area contributed by atoms with Gasteiger partial charge in [0.05, 0.1) is 45.2 Å². The largest absolute Gasteiger partial charge is 0.508 e. The van der Waals surface area contributed by atoms with E-state index in [9.17, 15) is 78.0 Å². The number of hydrogen-bond donors (Lipinski definition) is 15. The lowest BCUT2D eigenvalue weighted by atomic mass is 9.90. The van der Waals surface area contributed by atoms with Gasteiger partial charge < -0.3 is 83.5 Å². The van der Waals surface area contributed by atoms with Crippen molar-refractivity contribution in [2.75, 3.05) is 142 Å². The smallest absolute Gasteiger partial charge is 0.407 e. The summed E-state index contributed by atoms with van der Waals surface area (Å²) in [6.07, 6.45) is 0.763. The van der Waals surface area contributed by atoms with Gasteiger partial charge in [-0.1, -0.05) is 61.5 Å². The number of rotatable bonds is 38. The molecule has 0 aromatic heterocycles. The number of carboxylic acid groups (broad SMARTS) is 3. The first-order valence-electron chi connectivity index (χ1n) is 33.3. The molecule has 1 aliphatic heterocycles. The molecule has 1 fully saturated rings. The van der Waals surface area contributed by atoms with Gasteiger partial charge in [0.2, 0.25) is 29.5 Å². The fourth-order valence-electron chi connectivity index (χ4n) is 10.4. The van der Waals surface area contributed by atoms with E-state index in [0.717, 1.165) is 0 Å². The Balaban J connectivity index is 1.16. The number of benzene rings is 3. The van der Waals surface area contributed by atoms with Crippen molar-refractivity contribution in [1.82, 2.24) is 62.1 Å². The quantitative estimate of drug-likeness (QED) is 0.0112. The number of aromatic hydroxyl groups is 1. The lowest BCUT2D eigenvalue weighted by Gasteiger charge is -2.33. The lowest BCUT2D eigenvalue weighted by Crippen LogP contribution is -2.56. The molecule has 8 amide bonds. The van der Waals surface area contributed by atoms with Crippen LogP contribution < -0.4 is 74.5 Å². The van der Waals surface area contributed by atoms with Crippen LogP contribution >= 0.6 is 0 Å². The lowest BCUT2D eigenvalue weighted by molar-refractivity contribution is -0.140. The molecule has 0 saturated carbocycles. The summed E-state index contributed by atoms with van der Waals surface area (Å²) in [6, 6.07) is 19.1. The van der Waals surface area contributed by atoms with E-state index in [-0.39, 0.29) is 173 Å². The Morgan fingerprint density at radius 1 is 0.574 bits per heavy atom. The van der Waals surface area contributed by atoms with E-state index in [1.165, 1.54) is 12.1 Å². The molecule has 101 heavy (non-hydrogen) atoms. The summed E-state index contributed by atoms with van der Waals surface area (Å²) in [5, 5.41) is 65.6. The first-order chi connectivity index (χ1) is 48.2. The number of anilines is 2. The first-order valence-corrected chi connectivity index (χ1v) is 33.3. The van der Waals surface area contributed by atoms with Crippen molar-refractivity contribution in [3.63, 3.8) is 0 Å². The SMILES string of the molecule is CCC(=O)NCCNC(=O)NC(N)=NCCCC(NC(=O)[C@H](c1ccccc1)c1cccc(OCCCCNc2c(NCCNC(=O)[C@@H](CNC(=O)OC(C)(C)C)NC(=O)CN3CCN(CC(=O)O)CCN(CC(=O)O)CCN(CC(=O)O)CC3)c(=O)c2=O)c1)C(=O)NCc1ccc(O)cc1. The molecule has 1 saturated heterocycles. The van der Waals surface area contributed by atoms with Gasteiger partial charge in [0, 0.05) is 105 Å². The van der Waals surface area contributed by atoms with Gasteiger partial charge in [-0.05, 0) is 87.4 Å². The highest BCUT2D eigenvalue weighted by atomic mass is 16.6. The predicted molar refractivity (Wildman–Crippen MR) is 373 cm³/mol. The second kappa shape index (κ2) is 42.5. The van der Waals surface area contributed by atoms with Gasteiger partial charge in [-0.3, -0.25) is 77.9 Å². The number of amides is 8. The Morgan fingerprint density at radius 3 is 1.69 bits per heavy atom. The molecule has 552 valence electrons. The molecule has 4 aromatic rings. The van der Waals surface area contributed by atoms with Crippen LogP contribution in [0.3, 0.4) is 0 Å². The van der Waals surface area contributed by atoms with Crippen molar-refractivity contribution in [3.8, 4) is 11.5 Å². The minimum atomic E-state index is -1.38. The normalized spacial score (nSPS) is 14.6. The Morgan fingerprint density at radius 2 is 1.12 bits per heavy atom. The first kappa shape index (κ1) is 81.2. The number of carbonyl (C=O) groups is 10. The van der Waals surface area contributed by atoms with Gasteiger partial charge in [-0.2, -0.15) is 0 Å². The van der Waals surface area contributed by atoms with Crippen LogP contribution in [0.4, 0.5) is 21.0 Å². The number of ether oxygens (including phenoxy) is 2. The Labute approximate surface area is 584 Å². The molecule has 3 atom stereocenters. The second-order valence-electron chi connectivity index (χ2n) is 24.8. The van der Waals surface area contributed by atoms with Crippen LogP contribution in [0, 0.1) is 0 Å². The fraction of sp³-hybridized carbons (Fsp3) is 0.507. The second-order valence-corrected chi connectivity index (χ2v) is 24.8. The zero-order valence-corrected chi connectivity index (χ0v) is 57.4. The van der Waals surface area contributed by atoms with E-state index in [4.69, 9.17) is 15.2 Å². The number of urea groups is 1. The Bertz CT molecular complexity index is 3460. The molecular weight excluding hydrogens is 1320 g/mol. The zero-order valence-electron chi connectivity index (χ0n) is 57.4. The molecule has 34 heteroatoms. The standard InChI is InChI=1S/C67H96N16O18/c1-5-51(85)69-24-27-74-65(98)79-64(68)73-23-12-17-49(61(95)75-38-44-18-20-47(84)21-19-44)78-63(97)56(45-13-7-6-8-14-45)46-15-11-16-48(37-46)100-36-10-9-22-70-57-58(60(94)59(57)93)71-25-26-72-62(96)50(39-76-66(99)101-67(2,3)4)77-52(86)40-80-28-30-81(41-53(87)88)32-34-83(43-55(91)92)35-33-82(31-29-80)42-54(89)90/h6-8,11,13-16,18-21,37,49-50,56,70-71,84H,5,9-10,12,17,22-36,38-43H2,1-4H3,(H,69,85)(H,72,96)(H,75,95)(H,76,99)(H,77,86)(H,78,97)(H,87,88)(H,89,90)(H,91,92)(H4,68,73,74,79,98)/t49?,50-,56-/m1/s1. The van der Waals surface area contributed by atoms with Crippen LogP contribution in [-0.4, -0.2) is 254 Å². The van der Waals surface area contributed by atoms with E-state index in [2.05, 4.69) is 58.2 Å². The molecule has 34 nitrogen and oxygen atoms in total. The summed E-state index contributed by atoms with van der Waals surface area (Å²) < 4.78 is 11.5. The Kier molecular flexibility index (Phi) is 34.2. The molecular formula is C67H96N16O18. The molecule has 4 aromatic carbocycles. The topological polar surface area (TPSA) is 476 Å². The molecule has 5 rings (SSSR count). The summed E-state index contributed by atoms with van der Waals surface area (Å²) in [5.41, 5.74) is 5.44. The molecule has 1 heterocycles. The van der Waals surface area contributed by atoms with Crippen molar-refractivity contribution >= 4 is 76.9 Å². The third-order valence-corrected chi connectivity index (χ3v) is 15.5. The van der Waals surface area contributed by atoms with Crippen LogP contribution in [-0.2, 0) is 49.6 Å². The fourth-order valence-corrected chi connectivity index (χ4v) is 10.4. The summed E-state index contributed by atoms with van der Waals surface area (Å²) >= 11 is 0. The highest BCUT2D eigenvalue weighted by molar-refractivity contribution is 5.95. The van der Waals surface area contributed by atoms with Gasteiger partial charge in [0.25, 0.3) is 10.9 Å². The molecule has 0 bridgehead atoms. The van der Waals surface area contributed by atoms with Crippen LogP contribution in [0.2, 0.25) is 0 Å². The van der Waals surface area contributed by atoms with Crippen molar-refractivity contribution in [3.05, 3.63) is 116 Å². The average molecular weight is 1410 g/mol. The molecule has 0 radical (unpaired) electrons. The van der Waals surface area contributed by atoms with Crippen molar-refractivity contribution < 1.29 is 77.8 Å². The number of carbonyl (C=O) groups excluding carboxylic acids is 7. The zero-order chi connectivity index (χ0) is 73.9. The van der Waals surface area contributed by atoms with Gasteiger partial charge >= 0.3 is 30.0 Å². The highest BCUT2D eigenvalue weighted by Gasteiger charge is 2.30. The van der Waals surface area contributed by atoms with E-state index < -0.39 is 94.7 Å². The van der Waals surface area contributed by atoms with Crippen molar-refractivity contribution in [2.24, 2.45) is 10.7 Å². The van der Waals surface area contributed by atoms with Crippen molar-refractivity contribution in [2.45, 2.75) is 89.9 Å². The van der Waals surface area contributed by atoms with Gasteiger partial charge in [-0.15, -0.1) is 0 Å². The number of phenolic OH excluding ortho intramolecular Hbond substituents is 1. The number of aliphatic carboxylic acids is 3. The van der Waals surface area contributed by atoms with E-state index in [1.807, 2.05) is 0 Å². The maximum Gasteiger partial charge on any atom is 0.407 e. The van der Waals surface area contributed by atoms with Crippen LogP contribution in [0.5, 0.6) is 11.5 Å². The van der Waals surface area contributed by atoms with Gasteiger partial charge in [-0.25, -0.2) is 9.59 Å². The summed E-state index contributed by atoms with van der Waals surface area (Å²) in [5.74, 6) is -6.51. The monoisotopic (exact) mass is 1410 g/mol. The Hall–Kier alpha value is -10.5. The predicted octanol–water partition coefficient (Wildman–Crippen LogP) is -0.874. The number of hydrogen-bond acceptors (Lipinski definition) is 22. The van der Waals surface area contributed by atoms with E-state index in [0.29, 0.717) is 41.7 Å². The van der Waals surface area contributed by atoms with Crippen LogP contribution in [0.1, 0.15) is 82.4 Å². The average Bonchev–Trinajstić information content (AvgIpc) is 0.784. The maximum atomic E-state index is 14.6. The number of guanidine groups is 1. The van der Waals surface area contributed by atoms with E-state index in [1.54, 1.807) is 114 Å². The minimum Gasteiger partial charge on any atom is -0.508 e. The van der Waals surface area contributed by atoms with Gasteiger partial charge in [0.15, 0.2) is 5.96 Å². The number of unbranched alkanes of at least 4 members (excludes halogenated alkanes) is 1. The third-order valence-electron chi connectivity index (χ3n) is 15.5. The number of carboxylic acids is 3. The number of nitrogens with one attached hydrogen (secondary N) is 10. The molecule has 1 aliphatic rings.